The molecule has 0 radical (unpaired) electrons. The second kappa shape index (κ2) is 3.59. The predicted molar refractivity (Wildman–Crippen MR) is 54.1 cm³/mol. The van der Waals surface area contributed by atoms with Crippen molar-refractivity contribution >= 4 is 16.7 Å². The minimum Gasteiger partial charge on any atom is -0.343 e. The Hall–Kier alpha value is -0.680. The smallest absolute Gasteiger partial charge is 0.205 e. The van der Waals surface area contributed by atoms with Gasteiger partial charge in [0.05, 0.1) is 0 Å². The van der Waals surface area contributed by atoms with Crippen molar-refractivity contribution in [2.45, 2.75) is 25.8 Å². The van der Waals surface area contributed by atoms with E-state index in [1.54, 1.807) is 0 Å². The van der Waals surface area contributed by atoms with E-state index in [1.807, 2.05) is 6.92 Å². The molecule has 5 heteroatoms. The summed E-state index contributed by atoms with van der Waals surface area (Å²) >= 11 is 1.48. The normalized spacial score (nSPS) is 22.6. The van der Waals surface area contributed by atoms with E-state index in [0.29, 0.717) is 6.04 Å². The second-order valence-corrected chi connectivity index (χ2v) is 4.08. The lowest BCUT2D eigenvalue weighted by atomic mass is 10.2. The van der Waals surface area contributed by atoms with Crippen LogP contribution >= 0.6 is 11.5 Å². The molecule has 1 aliphatic rings. The molecule has 0 aromatic carbocycles. The van der Waals surface area contributed by atoms with Gasteiger partial charge in [-0.2, -0.15) is 4.37 Å². The first-order valence-electron chi connectivity index (χ1n) is 4.58. The van der Waals surface area contributed by atoms with Crippen molar-refractivity contribution in [1.82, 2.24) is 9.36 Å². The minimum absolute atomic E-state index is 0.479. The molecule has 1 aliphatic heterocycles. The number of hydrogen-bond acceptors (Lipinski definition) is 5. The molecule has 1 aromatic rings. The third-order valence-corrected chi connectivity index (χ3v) is 3.26. The van der Waals surface area contributed by atoms with Crippen LogP contribution in [0.2, 0.25) is 0 Å². The second-order valence-electron chi connectivity index (χ2n) is 3.35. The van der Waals surface area contributed by atoms with Gasteiger partial charge in [0.1, 0.15) is 5.82 Å². The van der Waals surface area contributed by atoms with Gasteiger partial charge in [0.25, 0.3) is 0 Å². The Bertz CT molecular complexity index is 285. The molecule has 72 valence electrons. The van der Waals surface area contributed by atoms with Gasteiger partial charge in [-0.1, -0.05) is 0 Å². The molecule has 0 amide bonds. The molecule has 0 spiro atoms. The highest BCUT2D eigenvalue weighted by Gasteiger charge is 2.25. The first-order valence-corrected chi connectivity index (χ1v) is 5.35. The largest absolute Gasteiger partial charge is 0.343 e. The van der Waals surface area contributed by atoms with Crippen LogP contribution < -0.4 is 10.6 Å². The minimum atomic E-state index is 0.479. The molecule has 2 N–H and O–H groups in total. The summed E-state index contributed by atoms with van der Waals surface area (Å²) in [7, 11) is 0. The highest BCUT2D eigenvalue weighted by molar-refractivity contribution is 7.09. The first-order chi connectivity index (χ1) is 6.31. The van der Waals surface area contributed by atoms with Crippen molar-refractivity contribution in [1.29, 1.82) is 0 Å². The van der Waals surface area contributed by atoms with Gasteiger partial charge in [-0.05, 0) is 19.8 Å². The average molecular weight is 198 g/mol. The van der Waals surface area contributed by atoms with E-state index in [0.717, 1.165) is 24.0 Å². The lowest BCUT2D eigenvalue weighted by Crippen LogP contribution is -2.35. The third kappa shape index (κ3) is 1.66. The zero-order valence-corrected chi connectivity index (χ0v) is 8.55. The predicted octanol–water partition coefficient (Wildman–Crippen LogP) is 0.774. The molecule has 13 heavy (non-hydrogen) atoms. The summed E-state index contributed by atoms with van der Waals surface area (Å²) < 4.78 is 4.18. The highest BCUT2D eigenvalue weighted by atomic mass is 32.1. The molecule has 1 saturated heterocycles. The lowest BCUT2D eigenvalue weighted by molar-refractivity contribution is 0.675. The van der Waals surface area contributed by atoms with Crippen molar-refractivity contribution in [3.8, 4) is 0 Å². The molecule has 2 heterocycles. The average Bonchev–Trinajstić information content (AvgIpc) is 2.71. The zero-order valence-electron chi connectivity index (χ0n) is 7.73. The number of anilines is 1. The summed E-state index contributed by atoms with van der Waals surface area (Å²) in [5, 5.41) is 1.03. The van der Waals surface area contributed by atoms with Gasteiger partial charge < -0.3 is 10.6 Å². The van der Waals surface area contributed by atoms with Crippen LogP contribution in [0.25, 0.3) is 0 Å². The number of aryl methyl sites for hydroxylation is 1. The van der Waals surface area contributed by atoms with Crippen molar-refractivity contribution < 1.29 is 0 Å². The van der Waals surface area contributed by atoms with Gasteiger partial charge in [-0.3, -0.25) is 0 Å². The van der Waals surface area contributed by atoms with Gasteiger partial charge in [-0.25, -0.2) is 4.98 Å². The van der Waals surface area contributed by atoms with Gasteiger partial charge in [-0.15, -0.1) is 0 Å². The number of hydrogen-bond donors (Lipinski definition) is 1. The highest BCUT2D eigenvalue weighted by Crippen LogP contribution is 2.26. The number of rotatable bonds is 2. The van der Waals surface area contributed by atoms with Crippen LogP contribution in [-0.2, 0) is 0 Å². The molecular weight excluding hydrogens is 184 g/mol. The fourth-order valence-corrected chi connectivity index (χ4v) is 2.51. The molecule has 0 bridgehead atoms. The summed E-state index contributed by atoms with van der Waals surface area (Å²) in [6.07, 6.45) is 2.41. The van der Waals surface area contributed by atoms with Crippen LogP contribution in [0.5, 0.6) is 0 Å². The van der Waals surface area contributed by atoms with E-state index in [4.69, 9.17) is 5.73 Å². The molecule has 1 aromatic heterocycles. The Morgan fingerprint density at radius 1 is 1.69 bits per heavy atom. The van der Waals surface area contributed by atoms with Crippen LogP contribution in [0.1, 0.15) is 18.7 Å². The monoisotopic (exact) mass is 198 g/mol. The summed E-state index contributed by atoms with van der Waals surface area (Å²) in [6, 6.07) is 0.479. The maximum absolute atomic E-state index is 5.68. The Balaban J connectivity index is 2.15. The molecule has 0 aliphatic carbocycles. The van der Waals surface area contributed by atoms with Gasteiger partial charge in [0.2, 0.25) is 5.13 Å². The van der Waals surface area contributed by atoms with Crippen molar-refractivity contribution in [2.24, 2.45) is 5.73 Å². The summed E-state index contributed by atoms with van der Waals surface area (Å²) in [5.41, 5.74) is 5.68. The molecule has 1 atom stereocenters. The Morgan fingerprint density at radius 3 is 3.15 bits per heavy atom. The van der Waals surface area contributed by atoms with Crippen molar-refractivity contribution in [2.75, 3.05) is 18.0 Å². The Morgan fingerprint density at radius 2 is 2.54 bits per heavy atom. The number of aromatic nitrogens is 2. The fourth-order valence-electron chi connectivity index (χ4n) is 1.74. The van der Waals surface area contributed by atoms with Crippen LogP contribution in [0, 0.1) is 6.92 Å². The van der Waals surface area contributed by atoms with E-state index >= 15 is 0 Å². The molecule has 0 saturated carbocycles. The maximum Gasteiger partial charge on any atom is 0.205 e. The summed E-state index contributed by atoms with van der Waals surface area (Å²) in [5.74, 6) is 0.864. The van der Waals surface area contributed by atoms with Gasteiger partial charge in [0, 0.05) is 30.7 Å². The Kier molecular flexibility index (Phi) is 2.46. The molecule has 1 fully saturated rings. The molecule has 4 nitrogen and oxygen atoms in total. The quantitative estimate of drug-likeness (QED) is 0.762. The lowest BCUT2D eigenvalue weighted by Gasteiger charge is -2.21. The molecular formula is C8H14N4S. The Labute approximate surface area is 81.9 Å². The maximum atomic E-state index is 5.68. The zero-order chi connectivity index (χ0) is 9.26. The van der Waals surface area contributed by atoms with Crippen LogP contribution in [0.15, 0.2) is 0 Å². The number of nitrogens with zero attached hydrogens (tertiary/aromatic N) is 3. The van der Waals surface area contributed by atoms with Crippen LogP contribution in [-0.4, -0.2) is 28.5 Å². The molecule has 1 unspecified atom stereocenters. The van der Waals surface area contributed by atoms with Crippen LogP contribution in [0.4, 0.5) is 5.13 Å². The summed E-state index contributed by atoms with van der Waals surface area (Å²) in [4.78, 5) is 6.65. The number of nitrogens with two attached hydrogens (primary N) is 1. The van der Waals surface area contributed by atoms with Crippen LogP contribution in [0.3, 0.4) is 0 Å². The van der Waals surface area contributed by atoms with E-state index in [2.05, 4.69) is 14.3 Å². The fraction of sp³-hybridized carbons (Fsp3) is 0.750. The van der Waals surface area contributed by atoms with Crippen molar-refractivity contribution in [3.63, 3.8) is 0 Å². The van der Waals surface area contributed by atoms with E-state index in [-0.39, 0.29) is 0 Å². The van der Waals surface area contributed by atoms with Gasteiger partial charge in [0.15, 0.2) is 0 Å². The summed E-state index contributed by atoms with van der Waals surface area (Å²) in [6.45, 7) is 3.72. The molecule has 2 rings (SSSR count). The SMILES string of the molecule is Cc1nsc(N2CCCC2CN)n1. The van der Waals surface area contributed by atoms with Crippen molar-refractivity contribution in [3.05, 3.63) is 5.82 Å². The van der Waals surface area contributed by atoms with E-state index in [9.17, 15) is 0 Å². The van der Waals surface area contributed by atoms with E-state index < -0.39 is 0 Å². The topological polar surface area (TPSA) is 55.0 Å². The van der Waals surface area contributed by atoms with E-state index in [1.165, 1.54) is 24.4 Å². The van der Waals surface area contributed by atoms with Gasteiger partial charge >= 0.3 is 0 Å². The standard InChI is InChI=1S/C8H14N4S/c1-6-10-8(13-11-6)12-4-2-3-7(12)5-9/h7H,2-5,9H2,1H3. The first kappa shape index (κ1) is 8.90. The third-order valence-electron chi connectivity index (χ3n) is 2.41.